The van der Waals surface area contributed by atoms with E-state index in [1.807, 2.05) is 42.5 Å². The van der Waals surface area contributed by atoms with Gasteiger partial charge in [0.05, 0.1) is 19.1 Å². The molecule has 0 spiro atoms. The van der Waals surface area contributed by atoms with Gasteiger partial charge in [-0.05, 0) is 5.56 Å². The molecule has 0 aromatic heterocycles. The van der Waals surface area contributed by atoms with Crippen molar-refractivity contribution in [2.24, 2.45) is 0 Å². The molecule has 2 amide bonds. The Hall–Kier alpha value is -2.18. The fourth-order valence-electron chi connectivity index (χ4n) is 2.76. The molecule has 1 heterocycles. The molecule has 1 fully saturated rings. The Kier molecular flexibility index (Phi) is 7.63. The Morgan fingerprint density at radius 1 is 1.40 bits per heavy atom. The van der Waals surface area contributed by atoms with Gasteiger partial charge in [0.1, 0.15) is 0 Å². The van der Waals surface area contributed by atoms with E-state index in [2.05, 4.69) is 10.2 Å². The van der Waals surface area contributed by atoms with Gasteiger partial charge in [-0.1, -0.05) is 42.5 Å². The van der Waals surface area contributed by atoms with Crippen LogP contribution in [0.15, 0.2) is 36.4 Å². The normalized spacial score (nSPS) is 18.3. The fraction of sp³-hybridized carbons (Fsp3) is 0.474. The highest BCUT2D eigenvalue weighted by molar-refractivity contribution is 5.88. The summed E-state index contributed by atoms with van der Waals surface area (Å²) in [7, 11) is 3.34. The minimum absolute atomic E-state index is 0.0452. The minimum atomic E-state index is -0.424. The Balaban J connectivity index is 1.94. The predicted molar refractivity (Wildman–Crippen MR) is 98.0 cm³/mol. The molecule has 6 heteroatoms. The molecule has 25 heavy (non-hydrogen) atoms. The Morgan fingerprint density at radius 3 is 2.88 bits per heavy atom. The van der Waals surface area contributed by atoms with Gasteiger partial charge >= 0.3 is 0 Å². The van der Waals surface area contributed by atoms with Crippen molar-refractivity contribution >= 4 is 17.9 Å². The lowest BCUT2D eigenvalue weighted by Gasteiger charge is -2.34. The molecule has 6 nitrogen and oxygen atoms in total. The Bertz CT molecular complexity index is 589. The van der Waals surface area contributed by atoms with Gasteiger partial charge in [0.15, 0.2) is 0 Å². The fourth-order valence-corrected chi connectivity index (χ4v) is 2.76. The highest BCUT2D eigenvalue weighted by Gasteiger charge is 2.31. The van der Waals surface area contributed by atoms with Crippen molar-refractivity contribution in [1.82, 2.24) is 15.1 Å². The van der Waals surface area contributed by atoms with Crippen LogP contribution in [-0.2, 0) is 14.3 Å². The molecule has 1 N–H and O–H groups in total. The number of hydrogen-bond acceptors (Lipinski definition) is 4. The van der Waals surface area contributed by atoms with E-state index in [1.54, 1.807) is 19.1 Å². The van der Waals surface area contributed by atoms with Crippen LogP contribution in [0.25, 0.3) is 6.08 Å². The zero-order valence-corrected chi connectivity index (χ0v) is 15.0. The van der Waals surface area contributed by atoms with E-state index in [4.69, 9.17) is 4.74 Å². The summed E-state index contributed by atoms with van der Waals surface area (Å²) < 4.78 is 5.00. The number of piperazine rings is 1. The van der Waals surface area contributed by atoms with Crippen molar-refractivity contribution in [2.45, 2.75) is 12.5 Å². The van der Waals surface area contributed by atoms with Crippen molar-refractivity contribution in [3.05, 3.63) is 42.0 Å². The van der Waals surface area contributed by atoms with Gasteiger partial charge in [0, 0.05) is 40.3 Å². The maximum absolute atomic E-state index is 12.3. The van der Waals surface area contributed by atoms with Crippen LogP contribution in [0.1, 0.15) is 12.0 Å². The summed E-state index contributed by atoms with van der Waals surface area (Å²) in [6, 6.07) is 9.60. The van der Waals surface area contributed by atoms with Crippen molar-refractivity contribution in [1.29, 1.82) is 0 Å². The highest BCUT2D eigenvalue weighted by Crippen LogP contribution is 2.11. The van der Waals surface area contributed by atoms with Gasteiger partial charge in [-0.2, -0.15) is 0 Å². The van der Waals surface area contributed by atoms with Crippen molar-refractivity contribution in [3.63, 3.8) is 0 Å². The smallest absolute Gasteiger partial charge is 0.237 e. The topological polar surface area (TPSA) is 61.9 Å². The number of ether oxygens (including phenoxy) is 1. The molecule has 0 saturated carbocycles. The van der Waals surface area contributed by atoms with Gasteiger partial charge in [-0.15, -0.1) is 0 Å². The molecule has 1 atom stereocenters. The molecule has 1 saturated heterocycles. The Labute approximate surface area is 149 Å². The summed E-state index contributed by atoms with van der Waals surface area (Å²) in [5.41, 5.74) is 1.12. The molecule has 0 aliphatic carbocycles. The number of methoxy groups -OCH3 is 1. The summed E-state index contributed by atoms with van der Waals surface area (Å²) in [5.74, 6) is -0.121. The van der Waals surface area contributed by atoms with Gasteiger partial charge in [0.2, 0.25) is 11.8 Å². The summed E-state index contributed by atoms with van der Waals surface area (Å²) in [5, 5.41) is 2.86. The summed E-state index contributed by atoms with van der Waals surface area (Å²) in [6.07, 6.45) is 4.27. The van der Waals surface area contributed by atoms with Crippen molar-refractivity contribution < 1.29 is 14.3 Å². The summed E-state index contributed by atoms with van der Waals surface area (Å²) >= 11 is 0. The molecular formula is C19H27N3O3. The van der Waals surface area contributed by atoms with E-state index in [-0.39, 0.29) is 18.2 Å². The lowest BCUT2D eigenvalue weighted by molar-refractivity contribution is -0.138. The highest BCUT2D eigenvalue weighted by atomic mass is 16.5. The predicted octanol–water partition coefficient (Wildman–Crippen LogP) is 0.995. The van der Waals surface area contributed by atoms with Gasteiger partial charge in [0.25, 0.3) is 0 Å². The lowest BCUT2D eigenvalue weighted by Crippen LogP contribution is -2.56. The van der Waals surface area contributed by atoms with Gasteiger partial charge < -0.3 is 15.0 Å². The first-order valence-corrected chi connectivity index (χ1v) is 8.58. The average Bonchev–Trinajstić information content (AvgIpc) is 2.63. The number of rotatable bonds is 8. The van der Waals surface area contributed by atoms with E-state index >= 15 is 0 Å². The third kappa shape index (κ3) is 5.99. The van der Waals surface area contributed by atoms with E-state index in [1.165, 1.54) is 0 Å². The van der Waals surface area contributed by atoms with Gasteiger partial charge in [-0.25, -0.2) is 0 Å². The van der Waals surface area contributed by atoms with E-state index in [0.29, 0.717) is 26.2 Å². The first kappa shape index (κ1) is 19.1. The molecule has 1 aliphatic rings. The maximum Gasteiger partial charge on any atom is 0.237 e. The van der Waals surface area contributed by atoms with Crippen molar-refractivity contribution in [2.75, 3.05) is 46.9 Å². The van der Waals surface area contributed by atoms with Crippen LogP contribution in [0.2, 0.25) is 0 Å². The minimum Gasteiger partial charge on any atom is -0.383 e. The van der Waals surface area contributed by atoms with Crippen LogP contribution >= 0.6 is 0 Å². The molecule has 2 rings (SSSR count). The molecule has 1 unspecified atom stereocenters. The number of nitrogens with one attached hydrogen (secondary N) is 1. The number of amides is 2. The largest absolute Gasteiger partial charge is 0.383 e. The first-order chi connectivity index (χ1) is 12.1. The second-order valence-corrected chi connectivity index (χ2v) is 6.13. The zero-order chi connectivity index (χ0) is 18.1. The molecule has 1 aromatic rings. The standard InChI is InChI=1S/C19H27N3O3/c1-21(13-14-25-2)18(23)15-17-19(24)20-10-12-22(17)11-6-9-16-7-4-3-5-8-16/h3-9,17H,10-15H2,1-2H3,(H,20,24). The van der Waals surface area contributed by atoms with Gasteiger partial charge in [-0.3, -0.25) is 14.5 Å². The number of carbonyl (C=O) groups is 2. The van der Waals surface area contributed by atoms with Crippen LogP contribution in [0.5, 0.6) is 0 Å². The third-order valence-corrected chi connectivity index (χ3v) is 4.32. The van der Waals surface area contributed by atoms with Crippen LogP contribution in [0, 0.1) is 0 Å². The third-order valence-electron chi connectivity index (χ3n) is 4.32. The molecule has 0 radical (unpaired) electrons. The van der Waals surface area contributed by atoms with E-state index in [9.17, 15) is 9.59 Å². The second kappa shape index (κ2) is 9.96. The monoisotopic (exact) mass is 345 g/mol. The van der Waals surface area contributed by atoms with Crippen LogP contribution < -0.4 is 5.32 Å². The molecule has 1 aliphatic heterocycles. The average molecular weight is 345 g/mol. The number of nitrogens with zero attached hydrogens (tertiary/aromatic N) is 2. The Morgan fingerprint density at radius 2 is 2.16 bits per heavy atom. The number of hydrogen-bond donors (Lipinski definition) is 1. The van der Waals surface area contributed by atoms with Crippen LogP contribution in [0.3, 0.4) is 0 Å². The van der Waals surface area contributed by atoms with E-state index in [0.717, 1.165) is 12.1 Å². The van der Waals surface area contributed by atoms with Crippen LogP contribution in [0.4, 0.5) is 0 Å². The van der Waals surface area contributed by atoms with E-state index < -0.39 is 6.04 Å². The molecule has 1 aromatic carbocycles. The number of benzene rings is 1. The van der Waals surface area contributed by atoms with Crippen LogP contribution in [-0.4, -0.2) is 74.6 Å². The number of likely N-dealkylation sites (N-methyl/N-ethyl adjacent to an activating group) is 1. The lowest BCUT2D eigenvalue weighted by atomic mass is 10.1. The van der Waals surface area contributed by atoms with Crippen molar-refractivity contribution in [3.8, 4) is 0 Å². The molecule has 0 bridgehead atoms. The zero-order valence-electron chi connectivity index (χ0n) is 15.0. The first-order valence-electron chi connectivity index (χ1n) is 8.58. The quantitative estimate of drug-likeness (QED) is 0.763. The maximum atomic E-state index is 12.3. The molecule has 136 valence electrons. The number of carbonyl (C=O) groups excluding carboxylic acids is 2. The second-order valence-electron chi connectivity index (χ2n) is 6.13. The SMILES string of the molecule is COCCN(C)C(=O)CC1C(=O)NCCN1CC=Cc1ccccc1. The summed E-state index contributed by atoms with van der Waals surface area (Å²) in [4.78, 5) is 28.3. The summed E-state index contributed by atoms with van der Waals surface area (Å²) in [6.45, 7) is 3.01. The molecular weight excluding hydrogens is 318 g/mol.